The zero-order valence-corrected chi connectivity index (χ0v) is 21.8. The van der Waals surface area contributed by atoms with Gasteiger partial charge < -0.3 is 25.6 Å². The molecule has 4 N–H and O–H groups in total. The van der Waals surface area contributed by atoms with Crippen LogP contribution in [0.1, 0.15) is 11.1 Å². The van der Waals surface area contributed by atoms with Gasteiger partial charge in [0.15, 0.2) is 5.82 Å². The maximum Gasteiger partial charge on any atom is 0.324 e. The van der Waals surface area contributed by atoms with Crippen LogP contribution in [0.25, 0.3) is 0 Å². The molecule has 0 spiro atoms. The molecule has 1 fully saturated rings. The van der Waals surface area contributed by atoms with Crippen LogP contribution in [-0.4, -0.2) is 47.3 Å². The largest absolute Gasteiger partial charge is 0.378 e. The standard InChI is InChI=1S/C28H27ClN8O2/c29-22-17-30-27-32-20-4-1-3-18(15-20)7-8-19-16-21(31-26(22)36-27)9-10-23(19)33-28(38)35-24-5-2-6-25(34-24)37-11-13-39-14-12-37/h1-6,9-10,15-17H,7-8,11-14H2,(H2,30,31,32,36)(H2,33,34,35,38). The number of aryl methyl sites for hydroxylation is 2. The number of anilines is 7. The first kappa shape index (κ1) is 24.9. The van der Waals surface area contributed by atoms with Crippen LogP contribution >= 0.6 is 11.6 Å². The van der Waals surface area contributed by atoms with Gasteiger partial charge >= 0.3 is 6.03 Å². The molecule has 2 aliphatic rings. The summed E-state index contributed by atoms with van der Waals surface area (Å²) >= 11 is 6.38. The quantitative estimate of drug-likeness (QED) is 0.265. The first-order valence-electron chi connectivity index (χ1n) is 12.8. The van der Waals surface area contributed by atoms with Gasteiger partial charge in [-0.3, -0.25) is 5.32 Å². The number of benzene rings is 2. The number of carbonyl (C=O) groups is 1. The average molecular weight is 543 g/mol. The monoisotopic (exact) mass is 542 g/mol. The Balaban J connectivity index is 1.24. The molecule has 6 rings (SSSR count). The number of fused-ring (bicyclic) bond motifs is 6. The van der Waals surface area contributed by atoms with Crippen LogP contribution < -0.4 is 26.2 Å². The van der Waals surface area contributed by atoms with Crippen molar-refractivity contribution >= 4 is 58.1 Å². The number of hydrogen-bond acceptors (Lipinski definition) is 8. The Bertz CT molecular complexity index is 1510. The molecule has 11 heteroatoms. The molecule has 0 saturated carbocycles. The minimum absolute atomic E-state index is 0.365. The van der Waals surface area contributed by atoms with Gasteiger partial charge in [0, 0.05) is 30.2 Å². The Hall–Kier alpha value is -4.41. The van der Waals surface area contributed by atoms with Crippen LogP contribution in [0.5, 0.6) is 0 Å². The molecule has 4 aromatic rings. The molecule has 0 atom stereocenters. The molecule has 0 aliphatic carbocycles. The van der Waals surface area contributed by atoms with Crippen molar-refractivity contribution in [3.05, 3.63) is 83.0 Å². The van der Waals surface area contributed by atoms with Crippen LogP contribution in [0.15, 0.2) is 66.9 Å². The highest BCUT2D eigenvalue weighted by Crippen LogP contribution is 2.29. The SMILES string of the molecule is O=C(Nc1cccc(N2CCOCC2)n1)Nc1ccc2cc1CCc1cccc(c1)Nc1ncc(Cl)c(n1)N2. The molecular weight excluding hydrogens is 516 g/mol. The number of carbonyl (C=O) groups excluding carboxylic acids is 1. The minimum Gasteiger partial charge on any atom is -0.378 e. The van der Waals surface area contributed by atoms with E-state index in [0.717, 1.165) is 47.8 Å². The van der Waals surface area contributed by atoms with Gasteiger partial charge in [0.2, 0.25) is 5.95 Å². The lowest BCUT2D eigenvalue weighted by Gasteiger charge is -2.28. The summed E-state index contributed by atoms with van der Waals surface area (Å²) < 4.78 is 5.43. The molecule has 6 bridgehead atoms. The highest BCUT2D eigenvalue weighted by molar-refractivity contribution is 6.32. The van der Waals surface area contributed by atoms with Crippen LogP contribution in [0.2, 0.25) is 5.02 Å². The van der Waals surface area contributed by atoms with Gasteiger partial charge in [0.25, 0.3) is 0 Å². The molecule has 2 aromatic heterocycles. The van der Waals surface area contributed by atoms with Gasteiger partial charge in [-0.25, -0.2) is 14.8 Å². The van der Waals surface area contributed by atoms with Gasteiger partial charge in [-0.15, -0.1) is 0 Å². The van der Waals surface area contributed by atoms with Crippen LogP contribution in [-0.2, 0) is 17.6 Å². The minimum atomic E-state index is -0.365. The van der Waals surface area contributed by atoms with E-state index in [0.29, 0.717) is 47.9 Å². The number of nitrogens with one attached hydrogen (secondary N) is 4. The zero-order chi connectivity index (χ0) is 26.6. The van der Waals surface area contributed by atoms with E-state index >= 15 is 0 Å². The number of aromatic nitrogens is 3. The molecule has 4 heterocycles. The molecule has 0 radical (unpaired) electrons. The van der Waals surface area contributed by atoms with Gasteiger partial charge in [-0.2, -0.15) is 4.98 Å². The maximum atomic E-state index is 13.0. The number of pyridine rings is 1. The smallest absolute Gasteiger partial charge is 0.324 e. The van der Waals surface area contributed by atoms with Crippen LogP contribution in [0.4, 0.5) is 45.3 Å². The second-order valence-corrected chi connectivity index (χ2v) is 9.68. The summed E-state index contributed by atoms with van der Waals surface area (Å²) in [5.74, 6) is 2.22. The topological polar surface area (TPSA) is 116 Å². The zero-order valence-electron chi connectivity index (χ0n) is 21.1. The van der Waals surface area contributed by atoms with E-state index in [2.05, 4.69) is 53.3 Å². The molecular formula is C28H27ClN8O2. The highest BCUT2D eigenvalue weighted by Gasteiger charge is 2.15. The fourth-order valence-electron chi connectivity index (χ4n) is 4.60. The number of urea groups is 1. The van der Waals surface area contributed by atoms with E-state index in [-0.39, 0.29) is 6.03 Å². The van der Waals surface area contributed by atoms with Crippen molar-refractivity contribution in [2.45, 2.75) is 12.8 Å². The summed E-state index contributed by atoms with van der Waals surface area (Å²) in [6.07, 6.45) is 3.04. The van der Waals surface area contributed by atoms with Gasteiger partial charge in [-0.05, 0) is 66.4 Å². The Morgan fingerprint density at radius 2 is 1.77 bits per heavy atom. The number of nitrogens with zero attached hydrogens (tertiary/aromatic N) is 4. The second-order valence-electron chi connectivity index (χ2n) is 9.27. The number of rotatable bonds is 3. The number of ether oxygens (including phenoxy) is 1. The van der Waals surface area contributed by atoms with E-state index in [1.165, 1.54) is 0 Å². The second kappa shape index (κ2) is 11.1. The Morgan fingerprint density at radius 3 is 2.67 bits per heavy atom. The van der Waals surface area contributed by atoms with E-state index in [4.69, 9.17) is 16.3 Å². The van der Waals surface area contributed by atoms with Gasteiger partial charge in [-0.1, -0.05) is 29.8 Å². The number of hydrogen-bond donors (Lipinski definition) is 4. The van der Waals surface area contributed by atoms with Crippen molar-refractivity contribution in [1.82, 2.24) is 15.0 Å². The van der Waals surface area contributed by atoms with Crippen LogP contribution in [0, 0.1) is 0 Å². The van der Waals surface area contributed by atoms with E-state index < -0.39 is 0 Å². The Kier molecular flexibility index (Phi) is 7.11. The lowest BCUT2D eigenvalue weighted by Crippen LogP contribution is -2.36. The summed E-state index contributed by atoms with van der Waals surface area (Å²) in [6.45, 7) is 2.87. The van der Waals surface area contributed by atoms with Crippen molar-refractivity contribution < 1.29 is 9.53 Å². The van der Waals surface area contributed by atoms with Crippen molar-refractivity contribution in [2.75, 3.05) is 52.5 Å². The third kappa shape index (κ3) is 6.02. The normalized spacial score (nSPS) is 14.5. The van der Waals surface area contributed by atoms with E-state index in [1.807, 2.05) is 42.5 Å². The summed E-state index contributed by atoms with van der Waals surface area (Å²) in [5, 5.41) is 12.8. The van der Waals surface area contributed by atoms with Crippen LogP contribution in [0.3, 0.4) is 0 Å². The van der Waals surface area contributed by atoms with Crippen molar-refractivity contribution in [2.24, 2.45) is 0 Å². The van der Waals surface area contributed by atoms with Crippen molar-refractivity contribution in [3.63, 3.8) is 0 Å². The third-order valence-electron chi connectivity index (χ3n) is 6.54. The summed E-state index contributed by atoms with van der Waals surface area (Å²) in [5.41, 5.74) is 4.50. The highest BCUT2D eigenvalue weighted by atomic mass is 35.5. The summed E-state index contributed by atoms with van der Waals surface area (Å²) in [4.78, 5) is 28.6. The molecule has 2 amide bonds. The molecule has 39 heavy (non-hydrogen) atoms. The fraction of sp³-hybridized carbons (Fsp3) is 0.214. The number of morpholine rings is 1. The number of halogens is 1. The fourth-order valence-corrected chi connectivity index (χ4v) is 4.73. The average Bonchev–Trinajstić information content (AvgIpc) is 2.96. The lowest BCUT2D eigenvalue weighted by atomic mass is 10.0. The van der Waals surface area contributed by atoms with Gasteiger partial charge in [0.1, 0.15) is 16.7 Å². The first-order valence-corrected chi connectivity index (χ1v) is 13.1. The lowest BCUT2D eigenvalue weighted by molar-refractivity contribution is 0.122. The molecule has 10 nitrogen and oxygen atoms in total. The summed E-state index contributed by atoms with van der Waals surface area (Å²) in [7, 11) is 0. The molecule has 1 saturated heterocycles. The predicted molar refractivity (Wildman–Crippen MR) is 154 cm³/mol. The third-order valence-corrected chi connectivity index (χ3v) is 6.81. The Morgan fingerprint density at radius 1 is 0.923 bits per heavy atom. The molecule has 2 aliphatic heterocycles. The number of amides is 2. The Labute approximate surface area is 230 Å². The summed E-state index contributed by atoms with van der Waals surface area (Å²) in [6, 6.07) is 19.1. The van der Waals surface area contributed by atoms with E-state index in [9.17, 15) is 4.79 Å². The predicted octanol–water partition coefficient (Wildman–Crippen LogP) is 5.59. The maximum absolute atomic E-state index is 13.0. The molecule has 2 aromatic carbocycles. The van der Waals surface area contributed by atoms with Crippen molar-refractivity contribution in [3.8, 4) is 0 Å². The molecule has 198 valence electrons. The van der Waals surface area contributed by atoms with E-state index in [1.54, 1.807) is 12.3 Å². The van der Waals surface area contributed by atoms with Crippen molar-refractivity contribution in [1.29, 1.82) is 0 Å². The first-order chi connectivity index (χ1) is 19.1. The molecule has 0 unspecified atom stereocenters. The van der Waals surface area contributed by atoms with Gasteiger partial charge in [0.05, 0.1) is 19.4 Å².